The van der Waals surface area contributed by atoms with Gasteiger partial charge in [-0.15, -0.1) is 11.8 Å². The van der Waals surface area contributed by atoms with Gasteiger partial charge in [-0.1, -0.05) is 23.5 Å². The molecule has 3 heterocycles. The lowest BCUT2D eigenvalue weighted by molar-refractivity contribution is 0.493. The molecule has 3 aromatic rings. The molecule has 21 heavy (non-hydrogen) atoms. The van der Waals surface area contributed by atoms with Crippen molar-refractivity contribution in [3.8, 4) is 0 Å². The van der Waals surface area contributed by atoms with E-state index in [9.17, 15) is 4.79 Å². The number of thioether (sulfide) groups is 1. The average molecular weight is 315 g/mol. The molecule has 6 heteroatoms. The molecule has 0 spiro atoms. The van der Waals surface area contributed by atoms with E-state index < -0.39 is 0 Å². The Morgan fingerprint density at radius 1 is 1.29 bits per heavy atom. The molecule has 0 atom stereocenters. The molecule has 0 aliphatic carbocycles. The first-order valence-corrected chi connectivity index (χ1v) is 8.50. The van der Waals surface area contributed by atoms with Gasteiger partial charge in [0.15, 0.2) is 4.96 Å². The lowest BCUT2D eigenvalue weighted by Crippen LogP contribution is -2.22. The first-order chi connectivity index (χ1) is 10.2. The minimum absolute atomic E-state index is 0.0196. The number of hydrogen-bond donors (Lipinski definition) is 0. The predicted molar refractivity (Wildman–Crippen MR) is 89.7 cm³/mol. The molecule has 1 fully saturated rings. The van der Waals surface area contributed by atoms with Gasteiger partial charge in [-0.2, -0.15) is 0 Å². The van der Waals surface area contributed by atoms with Crippen molar-refractivity contribution < 1.29 is 0 Å². The fourth-order valence-electron chi connectivity index (χ4n) is 2.46. The van der Waals surface area contributed by atoms with E-state index in [1.54, 1.807) is 4.40 Å². The van der Waals surface area contributed by atoms with Crippen molar-refractivity contribution >= 4 is 45.2 Å². The summed E-state index contributed by atoms with van der Waals surface area (Å²) in [6.45, 7) is 1.06. The van der Waals surface area contributed by atoms with Crippen LogP contribution >= 0.6 is 23.1 Å². The van der Waals surface area contributed by atoms with E-state index in [0.29, 0.717) is 0 Å². The summed E-state index contributed by atoms with van der Waals surface area (Å²) >= 11 is 3.27. The third kappa shape index (κ3) is 2.06. The van der Waals surface area contributed by atoms with Crippen molar-refractivity contribution in [3.05, 3.63) is 50.3 Å². The van der Waals surface area contributed by atoms with Gasteiger partial charge in [-0.3, -0.25) is 4.79 Å². The van der Waals surface area contributed by atoms with Crippen LogP contribution in [0.15, 0.2) is 40.2 Å². The van der Waals surface area contributed by atoms with Gasteiger partial charge >= 0.3 is 0 Å². The zero-order chi connectivity index (χ0) is 14.4. The van der Waals surface area contributed by atoms with Gasteiger partial charge in [-0.05, 0) is 24.3 Å². The number of imidazole rings is 1. The number of benzene rings is 1. The Labute approximate surface area is 129 Å². The molecule has 0 amide bonds. The van der Waals surface area contributed by atoms with E-state index in [0.717, 1.165) is 32.8 Å². The lowest BCUT2D eigenvalue weighted by atomic mass is 10.3. The molecule has 0 N–H and O–H groups in total. The van der Waals surface area contributed by atoms with E-state index >= 15 is 0 Å². The summed E-state index contributed by atoms with van der Waals surface area (Å²) in [5, 5.41) is 1.21. The van der Waals surface area contributed by atoms with Crippen LogP contribution in [0, 0.1) is 0 Å². The van der Waals surface area contributed by atoms with E-state index in [1.165, 1.54) is 16.4 Å². The van der Waals surface area contributed by atoms with Crippen LogP contribution in [0.4, 0.5) is 0 Å². The van der Waals surface area contributed by atoms with Gasteiger partial charge in [-0.25, -0.2) is 9.38 Å². The van der Waals surface area contributed by atoms with Crippen molar-refractivity contribution in [3.63, 3.8) is 0 Å². The lowest BCUT2D eigenvalue weighted by Gasteiger charge is -2.09. The van der Waals surface area contributed by atoms with Gasteiger partial charge < -0.3 is 4.90 Å². The number of para-hydroxylation sites is 2. The molecule has 106 valence electrons. The highest BCUT2D eigenvalue weighted by molar-refractivity contribution is 8.03. The van der Waals surface area contributed by atoms with Crippen molar-refractivity contribution in [1.29, 1.82) is 0 Å². The summed E-state index contributed by atoms with van der Waals surface area (Å²) in [5.41, 5.74) is 1.77. The summed E-state index contributed by atoms with van der Waals surface area (Å²) in [6, 6.07) is 7.74. The van der Waals surface area contributed by atoms with Crippen molar-refractivity contribution in [2.45, 2.75) is 0 Å². The van der Waals surface area contributed by atoms with Crippen LogP contribution in [-0.2, 0) is 0 Å². The first-order valence-electron chi connectivity index (χ1n) is 6.70. The van der Waals surface area contributed by atoms with Crippen LogP contribution in [-0.4, -0.2) is 33.6 Å². The van der Waals surface area contributed by atoms with E-state index in [-0.39, 0.29) is 5.56 Å². The average Bonchev–Trinajstić information content (AvgIpc) is 3.12. The summed E-state index contributed by atoms with van der Waals surface area (Å²) in [7, 11) is 2.08. The smallest absolute Gasteiger partial charge is 0.274 e. The molecule has 2 aromatic heterocycles. The Bertz CT molecular complexity index is 970. The molecule has 0 saturated carbocycles. The molecule has 4 nitrogen and oxygen atoms in total. The van der Waals surface area contributed by atoms with Crippen LogP contribution in [0.2, 0.25) is 0 Å². The number of thiazole rings is 1. The van der Waals surface area contributed by atoms with Gasteiger partial charge in [0.25, 0.3) is 5.56 Å². The molecule has 1 aliphatic heterocycles. The fourth-order valence-corrected chi connectivity index (χ4v) is 4.43. The minimum atomic E-state index is 0.0196. The third-order valence-corrected chi connectivity index (χ3v) is 5.69. The molecule has 1 aromatic carbocycles. The zero-order valence-corrected chi connectivity index (χ0v) is 13.1. The maximum Gasteiger partial charge on any atom is 0.274 e. The maximum atomic E-state index is 12.5. The van der Waals surface area contributed by atoms with Crippen LogP contribution in [0.3, 0.4) is 0 Å². The zero-order valence-electron chi connectivity index (χ0n) is 11.4. The topological polar surface area (TPSA) is 37.6 Å². The van der Waals surface area contributed by atoms with Crippen LogP contribution in [0.1, 0.15) is 0 Å². The first kappa shape index (κ1) is 12.9. The SMILES string of the molecule is CN1CCS/C1=C/C=c1/sc2nc3ccccc3n2c1=O. The Balaban J connectivity index is 1.91. The third-order valence-electron chi connectivity index (χ3n) is 3.58. The summed E-state index contributed by atoms with van der Waals surface area (Å²) in [6.07, 6.45) is 3.95. The number of nitrogens with zero attached hydrogens (tertiary/aromatic N) is 3. The predicted octanol–water partition coefficient (Wildman–Crippen LogP) is 1.93. The van der Waals surface area contributed by atoms with E-state index in [1.807, 2.05) is 48.2 Å². The van der Waals surface area contributed by atoms with Crippen LogP contribution < -0.4 is 10.1 Å². The van der Waals surface area contributed by atoms with Crippen LogP contribution in [0.25, 0.3) is 22.1 Å². The Morgan fingerprint density at radius 3 is 2.95 bits per heavy atom. The normalized spacial score (nSPS) is 18.6. The molecular formula is C15H13N3OS2. The highest BCUT2D eigenvalue weighted by Crippen LogP contribution is 2.25. The number of hydrogen-bond acceptors (Lipinski definition) is 5. The van der Waals surface area contributed by atoms with Gasteiger partial charge in [0, 0.05) is 19.3 Å². The Morgan fingerprint density at radius 2 is 2.14 bits per heavy atom. The van der Waals surface area contributed by atoms with E-state index in [2.05, 4.69) is 16.9 Å². The van der Waals surface area contributed by atoms with Gasteiger partial charge in [0.2, 0.25) is 0 Å². The highest BCUT2D eigenvalue weighted by Gasteiger charge is 2.13. The van der Waals surface area contributed by atoms with Crippen molar-refractivity contribution in [2.24, 2.45) is 0 Å². The molecule has 1 aliphatic rings. The number of rotatable bonds is 1. The van der Waals surface area contributed by atoms with Crippen molar-refractivity contribution in [2.75, 3.05) is 19.3 Å². The van der Waals surface area contributed by atoms with Gasteiger partial charge in [0.05, 0.1) is 20.6 Å². The maximum absolute atomic E-state index is 12.5. The number of allylic oxidation sites excluding steroid dienone is 1. The van der Waals surface area contributed by atoms with E-state index in [4.69, 9.17) is 0 Å². The summed E-state index contributed by atoms with van der Waals surface area (Å²) in [4.78, 5) is 20.0. The Hall–Kier alpha value is -1.79. The Kier molecular flexibility index (Phi) is 3.01. The quantitative estimate of drug-likeness (QED) is 0.688. The van der Waals surface area contributed by atoms with Crippen LogP contribution in [0.5, 0.6) is 0 Å². The second-order valence-electron chi connectivity index (χ2n) is 4.93. The van der Waals surface area contributed by atoms with Gasteiger partial charge in [0.1, 0.15) is 0 Å². The molecule has 0 unspecified atom stereocenters. The number of fused-ring (bicyclic) bond motifs is 3. The summed E-state index contributed by atoms with van der Waals surface area (Å²) in [5.74, 6) is 1.11. The minimum Gasteiger partial charge on any atom is -0.369 e. The van der Waals surface area contributed by atoms with Crippen molar-refractivity contribution in [1.82, 2.24) is 14.3 Å². The monoisotopic (exact) mass is 315 g/mol. The second kappa shape index (κ2) is 4.89. The molecule has 4 rings (SSSR count). The standard InChI is InChI=1S/C15H13N3OS2/c1-17-8-9-20-13(17)7-6-12-14(19)18-11-5-3-2-4-10(11)16-15(18)21-12/h2-7H,8-9H2,1H3/b12-6+,13-7+. The largest absolute Gasteiger partial charge is 0.369 e. The number of aromatic nitrogens is 2. The fraction of sp³-hybridized carbons (Fsp3) is 0.200. The molecular weight excluding hydrogens is 302 g/mol. The highest BCUT2D eigenvalue weighted by atomic mass is 32.2. The molecule has 0 bridgehead atoms. The molecule has 1 saturated heterocycles. The summed E-state index contributed by atoms with van der Waals surface area (Å²) < 4.78 is 2.44. The second-order valence-corrected chi connectivity index (χ2v) is 7.06. The molecule has 0 radical (unpaired) electrons.